The number of fused-ring (bicyclic) bond motifs is 1. The van der Waals surface area contributed by atoms with Crippen LogP contribution in [0, 0.1) is 5.41 Å². The van der Waals surface area contributed by atoms with Crippen LogP contribution in [0.15, 0.2) is 36.8 Å². The highest BCUT2D eigenvalue weighted by molar-refractivity contribution is 6.76. The number of amides is 2. The van der Waals surface area contributed by atoms with Gasteiger partial charge in [-0.1, -0.05) is 19.6 Å². The molecule has 0 aromatic carbocycles. The third-order valence-corrected chi connectivity index (χ3v) is 9.25. The van der Waals surface area contributed by atoms with Gasteiger partial charge in [-0.15, -0.1) is 0 Å². The Kier molecular flexibility index (Phi) is 6.75. The van der Waals surface area contributed by atoms with E-state index in [1.807, 2.05) is 18.2 Å². The Balaban J connectivity index is 1.46. The van der Waals surface area contributed by atoms with Gasteiger partial charge < -0.3 is 14.7 Å². The van der Waals surface area contributed by atoms with Crippen molar-refractivity contribution in [2.45, 2.75) is 51.7 Å². The standard InChI is InChI=1S/C26H34N6O4Si/c1-37(2,3)14-13-36-18-32-22-17-28-21(19-5-4-9-27-16-19)15-20(22)23(29-32)31-12-8-26(24(31)33)6-10-30(11-7-26)25(34)35/h4-5,9,15-17H,6-8,10-14,18H2,1-3H3,(H,34,35). The number of likely N-dealkylation sites (tertiary alicyclic amines) is 1. The fourth-order valence-electron chi connectivity index (χ4n) is 5.17. The van der Waals surface area contributed by atoms with Crippen LogP contribution in [0.25, 0.3) is 22.2 Å². The molecule has 5 rings (SSSR count). The first-order chi connectivity index (χ1) is 17.7. The SMILES string of the molecule is C[Si](C)(C)CCOCn1nc(N2CCC3(CCN(C(=O)O)CC3)C2=O)c2cc(-c3cccnc3)ncc21. The number of carboxylic acid groups (broad SMARTS) is 1. The number of nitrogens with zero attached hydrogens (tertiary/aromatic N) is 6. The Morgan fingerprint density at radius 3 is 2.59 bits per heavy atom. The number of hydrogen-bond donors (Lipinski definition) is 1. The van der Waals surface area contributed by atoms with Gasteiger partial charge in [0.2, 0.25) is 5.91 Å². The van der Waals surface area contributed by atoms with Gasteiger partial charge in [0, 0.05) is 57.7 Å². The number of aromatic nitrogens is 4. The van der Waals surface area contributed by atoms with Gasteiger partial charge in [-0.25, -0.2) is 9.48 Å². The van der Waals surface area contributed by atoms with Gasteiger partial charge in [0.05, 0.1) is 22.8 Å². The Morgan fingerprint density at radius 1 is 1.16 bits per heavy atom. The van der Waals surface area contributed by atoms with E-state index in [4.69, 9.17) is 9.84 Å². The first-order valence-corrected chi connectivity index (χ1v) is 16.5. The highest BCUT2D eigenvalue weighted by Gasteiger charge is 2.50. The predicted octanol–water partition coefficient (Wildman–Crippen LogP) is 4.30. The number of piperidine rings is 1. The van der Waals surface area contributed by atoms with Crippen LogP contribution in [0.3, 0.4) is 0 Å². The van der Waals surface area contributed by atoms with Crippen molar-refractivity contribution in [2.24, 2.45) is 5.41 Å². The molecule has 2 aliphatic heterocycles. The summed E-state index contributed by atoms with van der Waals surface area (Å²) in [5, 5.41) is 15.0. The molecule has 3 aromatic heterocycles. The molecule has 37 heavy (non-hydrogen) atoms. The van der Waals surface area contributed by atoms with Gasteiger partial charge in [0.25, 0.3) is 0 Å². The molecule has 2 amide bonds. The molecule has 2 fully saturated rings. The fraction of sp³-hybridized carbons (Fsp3) is 0.500. The summed E-state index contributed by atoms with van der Waals surface area (Å²) in [7, 11) is -1.22. The average Bonchev–Trinajstić information content (AvgIpc) is 3.39. The molecule has 196 valence electrons. The van der Waals surface area contributed by atoms with Gasteiger partial charge in [0.1, 0.15) is 6.73 Å². The van der Waals surface area contributed by atoms with E-state index >= 15 is 0 Å². The highest BCUT2D eigenvalue weighted by atomic mass is 28.3. The lowest BCUT2D eigenvalue weighted by Crippen LogP contribution is -2.46. The van der Waals surface area contributed by atoms with Crippen molar-refractivity contribution < 1.29 is 19.4 Å². The monoisotopic (exact) mass is 522 g/mol. The number of pyridine rings is 2. The molecule has 0 aliphatic carbocycles. The molecule has 0 unspecified atom stereocenters. The van der Waals surface area contributed by atoms with E-state index in [0.29, 0.717) is 51.3 Å². The molecular weight excluding hydrogens is 488 g/mol. The van der Waals surface area contributed by atoms with Crippen LogP contribution in [0.2, 0.25) is 25.7 Å². The van der Waals surface area contributed by atoms with E-state index < -0.39 is 19.6 Å². The van der Waals surface area contributed by atoms with Crippen molar-refractivity contribution in [1.29, 1.82) is 0 Å². The minimum absolute atomic E-state index is 0.0310. The second-order valence-corrected chi connectivity index (χ2v) is 16.9. The van der Waals surface area contributed by atoms with Gasteiger partial charge in [0.15, 0.2) is 5.82 Å². The second kappa shape index (κ2) is 9.86. The molecule has 0 atom stereocenters. The maximum Gasteiger partial charge on any atom is 0.407 e. The molecule has 0 saturated carbocycles. The van der Waals surface area contributed by atoms with Gasteiger partial charge in [-0.05, 0) is 43.5 Å². The van der Waals surface area contributed by atoms with E-state index in [9.17, 15) is 14.7 Å². The number of ether oxygens (including phenoxy) is 1. The van der Waals surface area contributed by atoms with Crippen LogP contribution >= 0.6 is 0 Å². The largest absolute Gasteiger partial charge is 0.465 e. The van der Waals surface area contributed by atoms with E-state index in [1.54, 1.807) is 28.2 Å². The van der Waals surface area contributed by atoms with Crippen LogP contribution in [-0.4, -0.2) is 76.1 Å². The van der Waals surface area contributed by atoms with Gasteiger partial charge in [-0.3, -0.25) is 19.7 Å². The Bertz CT molecular complexity index is 1300. The summed E-state index contributed by atoms with van der Waals surface area (Å²) in [6.07, 6.45) is 6.13. The number of rotatable bonds is 7. The van der Waals surface area contributed by atoms with Crippen LogP contribution in [0.5, 0.6) is 0 Å². The molecule has 0 radical (unpaired) electrons. The first kappa shape index (κ1) is 25.3. The average molecular weight is 523 g/mol. The lowest BCUT2D eigenvalue weighted by molar-refractivity contribution is -0.127. The number of carbonyl (C=O) groups is 2. The first-order valence-electron chi connectivity index (χ1n) is 12.8. The normalized spacial score (nSPS) is 17.8. The second-order valence-electron chi connectivity index (χ2n) is 11.3. The number of hydrogen-bond acceptors (Lipinski definition) is 6. The Labute approximate surface area is 217 Å². The van der Waals surface area contributed by atoms with Crippen molar-refractivity contribution >= 4 is 36.8 Å². The molecular formula is C26H34N6O4Si. The van der Waals surface area contributed by atoms with Gasteiger partial charge in [-0.2, -0.15) is 5.10 Å². The molecule has 1 spiro atoms. The quantitative estimate of drug-likeness (QED) is 0.363. The summed E-state index contributed by atoms with van der Waals surface area (Å²) in [5.74, 6) is 0.641. The van der Waals surface area contributed by atoms with Crippen LogP contribution in [0.1, 0.15) is 19.3 Å². The van der Waals surface area contributed by atoms with E-state index in [0.717, 1.165) is 28.2 Å². The molecule has 5 heterocycles. The predicted molar refractivity (Wildman–Crippen MR) is 143 cm³/mol. The maximum atomic E-state index is 13.8. The van der Waals surface area contributed by atoms with E-state index in [2.05, 4.69) is 29.6 Å². The molecule has 2 saturated heterocycles. The van der Waals surface area contributed by atoms with Crippen molar-refractivity contribution in [3.8, 4) is 11.3 Å². The Morgan fingerprint density at radius 2 is 1.92 bits per heavy atom. The Hall–Kier alpha value is -3.31. The van der Waals surface area contributed by atoms with Crippen LogP contribution < -0.4 is 4.90 Å². The lowest BCUT2D eigenvalue weighted by Gasteiger charge is -2.36. The molecule has 3 aromatic rings. The molecule has 0 bridgehead atoms. The fourth-order valence-corrected chi connectivity index (χ4v) is 5.92. The summed E-state index contributed by atoms with van der Waals surface area (Å²) < 4.78 is 7.79. The number of carbonyl (C=O) groups excluding carboxylic acids is 1. The summed E-state index contributed by atoms with van der Waals surface area (Å²) in [4.78, 5) is 37.2. The van der Waals surface area contributed by atoms with Crippen molar-refractivity contribution in [3.63, 3.8) is 0 Å². The third kappa shape index (κ3) is 5.10. The molecule has 10 nitrogen and oxygen atoms in total. The zero-order chi connectivity index (χ0) is 26.2. The molecule has 11 heteroatoms. The van der Waals surface area contributed by atoms with Gasteiger partial charge >= 0.3 is 6.09 Å². The van der Waals surface area contributed by atoms with E-state index in [-0.39, 0.29) is 12.6 Å². The van der Waals surface area contributed by atoms with Crippen LogP contribution in [-0.2, 0) is 16.3 Å². The highest BCUT2D eigenvalue weighted by Crippen LogP contribution is 2.44. The summed E-state index contributed by atoms with van der Waals surface area (Å²) in [5.41, 5.74) is 1.93. The smallest absolute Gasteiger partial charge is 0.407 e. The van der Waals surface area contributed by atoms with Crippen LogP contribution in [0.4, 0.5) is 10.6 Å². The minimum Gasteiger partial charge on any atom is -0.465 e. The molecule has 1 N–H and O–H groups in total. The minimum atomic E-state index is -1.22. The maximum absolute atomic E-state index is 13.8. The lowest BCUT2D eigenvalue weighted by atomic mass is 9.77. The third-order valence-electron chi connectivity index (χ3n) is 7.54. The zero-order valence-electron chi connectivity index (χ0n) is 21.7. The topological polar surface area (TPSA) is 114 Å². The van der Waals surface area contributed by atoms with Crippen molar-refractivity contribution in [2.75, 3.05) is 31.1 Å². The van der Waals surface area contributed by atoms with Crippen molar-refractivity contribution in [1.82, 2.24) is 24.6 Å². The van der Waals surface area contributed by atoms with Crippen molar-refractivity contribution in [3.05, 3.63) is 36.8 Å². The zero-order valence-corrected chi connectivity index (χ0v) is 22.7. The molecule has 2 aliphatic rings. The summed E-state index contributed by atoms with van der Waals surface area (Å²) >= 11 is 0. The number of anilines is 1. The summed E-state index contributed by atoms with van der Waals surface area (Å²) in [6, 6.07) is 6.85. The van der Waals surface area contributed by atoms with E-state index in [1.165, 1.54) is 4.90 Å². The summed E-state index contributed by atoms with van der Waals surface area (Å²) in [6.45, 7) is 9.22.